The number of nitrogens with one attached hydrogen (secondary N) is 1. The van der Waals surface area contributed by atoms with Crippen molar-refractivity contribution in [3.63, 3.8) is 0 Å². The molecule has 0 saturated carbocycles. The van der Waals surface area contributed by atoms with E-state index in [1.54, 1.807) is 30.0 Å². The summed E-state index contributed by atoms with van der Waals surface area (Å²) in [5.41, 5.74) is 6.88. The molecule has 0 aliphatic heterocycles. The fourth-order valence-electron chi connectivity index (χ4n) is 1.37. The lowest BCUT2D eigenvalue weighted by molar-refractivity contribution is -0.115. The van der Waals surface area contributed by atoms with Crippen LogP contribution in [0.1, 0.15) is 6.92 Å². The van der Waals surface area contributed by atoms with Crippen molar-refractivity contribution in [3.05, 3.63) is 23.2 Å². The minimum absolute atomic E-state index is 0.0437. The fraction of sp³-hybridized carbons (Fsp3) is 0.462. The minimum atomic E-state index is -0.116. The number of rotatable bonds is 6. The summed E-state index contributed by atoms with van der Waals surface area (Å²) in [4.78, 5) is 14.1. The Morgan fingerprint density at radius 2 is 2.21 bits per heavy atom. The molecule has 1 aromatic rings. The highest BCUT2D eigenvalue weighted by Gasteiger charge is 2.14. The fourth-order valence-corrected chi connectivity index (χ4v) is 2.58. The van der Waals surface area contributed by atoms with Crippen molar-refractivity contribution in [2.75, 3.05) is 37.4 Å². The standard InChI is InChI=1S/C13H20ClN3OS/c1-9(19-7-6-17(2)3)13(18)16-12-5-4-10(14)8-11(12)15/h4-5,8-9H,6-7,15H2,1-3H3,(H,16,18). The summed E-state index contributed by atoms with van der Waals surface area (Å²) >= 11 is 7.43. The SMILES string of the molecule is CC(SCCN(C)C)C(=O)Nc1ccc(Cl)cc1N. The molecule has 1 rings (SSSR count). The van der Waals surface area contributed by atoms with Gasteiger partial charge in [-0.3, -0.25) is 4.79 Å². The Bertz CT molecular complexity index is 440. The molecule has 0 aliphatic carbocycles. The highest BCUT2D eigenvalue weighted by molar-refractivity contribution is 8.00. The van der Waals surface area contributed by atoms with E-state index in [0.717, 1.165) is 12.3 Å². The quantitative estimate of drug-likeness (QED) is 0.793. The summed E-state index contributed by atoms with van der Waals surface area (Å²) in [6.45, 7) is 2.84. The Hall–Kier alpha value is -0.910. The highest BCUT2D eigenvalue weighted by atomic mass is 35.5. The summed E-state index contributed by atoms with van der Waals surface area (Å²) in [5, 5.41) is 3.26. The Morgan fingerprint density at radius 3 is 2.79 bits per heavy atom. The lowest BCUT2D eigenvalue weighted by Gasteiger charge is -2.15. The molecule has 0 radical (unpaired) electrons. The molecule has 6 heteroatoms. The zero-order valence-electron chi connectivity index (χ0n) is 11.4. The van der Waals surface area contributed by atoms with Gasteiger partial charge in [0.15, 0.2) is 0 Å². The number of nitrogens with two attached hydrogens (primary N) is 1. The van der Waals surface area contributed by atoms with Gasteiger partial charge < -0.3 is 16.0 Å². The van der Waals surface area contributed by atoms with Gasteiger partial charge in [-0.25, -0.2) is 0 Å². The zero-order valence-corrected chi connectivity index (χ0v) is 13.0. The molecular formula is C13H20ClN3OS. The molecule has 1 atom stereocenters. The van der Waals surface area contributed by atoms with Crippen LogP contribution in [0, 0.1) is 0 Å². The smallest absolute Gasteiger partial charge is 0.237 e. The third-order valence-electron chi connectivity index (χ3n) is 2.55. The van der Waals surface area contributed by atoms with Gasteiger partial charge in [0.1, 0.15) is 0 Å². The van der Waals surface area contributed by atoms with Crippen molar-refractivity contribution < 1.29 is 4.79 Å². The number of carbonyl (C=O) groups is 1. The topological polar surface area (TPSA) is 58.4 Å². The van der Waals surface area contributed by atoms with Crippen LogP contribution in [0.3, 0.4) is 0 Å². The number of halogens is 1. The van der Waals surface area contributed by atoms with E-state index in [0.29, 0.717) is 16.4 Å². The molecule has 19 heavy (non-hydrogen) atoms. The molecule has 0 aliphatic rings. The van der Waals surface area contributed by atoms with Crippen molar-refractivity contribution in [3.8, 4) is 0 Å². The molecule has 0 spiro atoms. The first-order chi connectivity index (χ1) is 8.90. The van der Waals surface area contributed by atoms with Crippen LogP contribution in [0.5, 0.6) is 0 Å². The van der Waals surface area contributed by atoms with Gasteiger partial charge in [-0.15, -0.1) is 11.8 Å². The Balaban J connectivity index is 2.49. The minimum Gasteiger partial charge on any atom is -0.397 e. The molecule has 106 valence electrons. The molecule has 0 bridgehead atoms. The lowest BCUT2D eigenvalue weighted by atomic mass is 10.2. The monoisotopic (exact) mass is 301 g/mol. The molecular weight excluding hydrogens is 282 g/mol. The molecule has 0 aromatic heterocycles. The largest absolute Gasteiger partial charge is 0.397 e. The number of anilines is 2. The average Bonchev–Trinajstić information content (AvgIpc) is 2.32. The van der Waals surface area contributed by atoms with E-state index in [4.69, 9.17) is 17.3 Å². The Kier molecular flexibility index (Phi) is 6.48. The second kappa shape index (κ2) is 7.62. The van der Waals surface area contributed by atoms with Crippen molar-refractivity contribution in [2.45, 2.75) is 12.2 Å². The maximum Gasteiger partial charge on any atom is 0.237 e. The highest BCUT2D eigenvalue weighted by Crippen LogP contribution is 2.23. The number of nitrogen functional groups attached to an aromatic ring is 1. The van der Waals surface area contributed by atoms with Crippen LogP contribution >= 0.6 is 23.4 Å². The van der Waals surface area contributed by atoms with Crippen LogP contribution in [0.4, 0.5) is 11.4 Å². The Morgan fingerprint density at radius 1 is 1.53 bits per heavy atom. The number of amides is 1. The van der Waals surface area contributed by atoms with E-state index in [-0.39, 0.29) is 11.2 Å². The molecule has 1 aromatic carbocycles. The van der Waals surface area contributed by atoms with Crippen molar-refractivity contribution in [1.29, 1.82) is 0 Å². The van der Waals surface area contributed by atoms with Gasteiger partial charge in [0.2, 0.25) is 5.91 Å². The van der Waals surface area contributed by atoms with Gasteiger partial charge in [-0.2, -0.15) is 0 Å². The van der Waals surface area contributed by atoms with E-state index in [1.165, 1.54) is 0 Å². The predicted molar refractivity (Wildman–Crippen MR) is 85.0 cm³/mol. The maximum atomic E-state index is 12.0. The second-order valence-electron chi connectivity index (χ2n) is 4.54. The third-order valence-corrected chi connectivity index (χ3v) is 3.91. The summed E-state index contributed by atoms with van der Waals surface area (Å²) in [5.74, 6) is 0.871. The van der Waals surface area contributed by atoms with Gasteiger partial charge in [0.25, 0.3) is 0 Å². The van der Waals surface area contributed by atoms with Crippen LogP contribution in [0.25, 0.3) is 0 Å². The molecule has 4 nitrogen and oxygen atoms in total. The van der Waals surface area contributed by atoms with E-state index in [1.807, 2.05) is 21.0 Å². The maximum absolute atomic E-state index is 12.0. The number of benzene rings is 1. The normalized spacial score (nSPS) is 12.5. The number of carbonyl (C=O) groups excluding carboxylic acids is 1. The van der Waals surface area contributed by atoms with Crippen LogP contribution < -0.4 is 11.1 Å². The van der Waals surface area contributed by atoms with Gasteiger partial charge in [-0.05, 0) is 39.2 Å². The van der Waals surface area contributed by atoms with Gasteiger partial charge in [-0.1, -0.05) is 11.6 Å². The van der Waals surface area contributed by atoms with Crippen LogP contribution in [0.15, 0.2) is 18.2 Å². The number of thioether (sulfide) groups is 1. The molecule has 1 unspecified atom stereocenters. The van der Waals surface area contributed by atoms with Crippen molar-refractivity contribution >= 4 is 40.6 Å². The molecule has 0 fully saturated rings. The zero-order chi connectivity index (χ0) is 14.4. The van der Waals surface area contributed by atoms with E-state index in [9.17, 15) is 4.79 Å². The van der Waals surface area contributed by atoms with Crippen LogP contribution in [0.2, 0.25) is 5.02 Å². The van der Waals surface area contributed by atoms with Crippen molar-refractivity contribution in [1.82, 2.24) is 4.90 Å². The summed E-state index contributed by atoms with van der Waals surface area (Å²) < 4.78 is 0. The second-order valence-corrected chi connectivity index (χ2v) is 6.42. The molecule has 0 heterocycles. The average molecular weight is 302 g/mol. The van der Waals surface area contributed by atoms with Crippen LogP contribution in [-0.4, -0.2) is 42.4 Å². The van der Waals surface area contributed by atoms with Crippen LogP contribution in [-0.2, 0) is 4.79 Å². The third kappa shape index (κ3) is 5.72. The number of nitrogens with zero attached hydrogens (tertiary/aromatic N) is 1. The molecule has 0 saturated heterocycles. The first-order valence-corrected chi connectivity index (χ1v) is 7.45. The number of hydrogen-bond acceptors (Lipinski definition) is 4. The summed E-state index contributed by atoms with van der Waals surface area (Å²) in [6, 6.07) is 5.05. The lowest BCUT2D eigenvalue weighted by Crippen LogP contribution is -2.25. The predicted octanol–water partition coefficient (Wildman–Crippen LogP) is 2.54. The first kappa shape index (κ1) is 16.1. The van der Waals surface area contributed by atoms with E-state index >= 15 is 0 Å². The molecule has 1 amide bonds. The van der Waals surface area contributed by atoms with E-state index in [2.05, 4.69) is 10.2 Å². The van der Waals surface area contributed by atoms with Gasteiger partial charge in [0, 0.05) is 17.3 Å². The van der Waals surface area contributed by atoms with Crippen molar-refractivity contribution in [2.24, 2.45) is 0 Å². The van der Waals surface area contributed by atoms with E-state index < -0.39 is 0 Å². The summed E-state index contributed by atoms with van der Waals surface area (Å²) in [7, 11) is 4.03. The number of hydrogen-bond donors (Lipinski definition) is 2. The van der Waals surface area contributed by atoms with Gasteiger partial charge >= 0.3 is 0 Å². The first-order valence-electron chi connectivity index (χ1n) is 6.02. The Labute approximate surface area is 123 Å². The summed E-state index contributed by atoms with van der Waals surface area (Å²) in [6.07, 6.45) is 0. The molecule has 3 N–H and O–H groups in total. The van der Waals surface area contributed by atoms with Gasteiger partial charge in [0.05, 0.1) is 16.6 Å².